The average molecular weight is 447 g/mol. The number of benzene rings is 2. The number of aliphatic hydroxyl groups excluding tert-OH is 1. The second kappa shape index (κ2) is 8.05. The Hall–Kier alpha value is -3.77. The van der Waals surface area contributed by atoms with E-state index in [9.17, 15) is 14.7 Å². The Balaban J connectivity index is 1.53. The standard InChI is InChI=1S/C25H19ClN2O4/c26-17-9-7-15(8-10-17)23(29)21-22(20-6-3-13-32-20)28(25(31)24(21)30)12-11-16-14-27-19-5-2-1-4-18(16)19/h1-10,13-14,22,27,29H,11-12H2/t22-/m1/s1. The van der Waals surface area contributed by atoms with Gasteiger partial charge in [-0.2, -0.15) is 0 Å². The Bertz CT molecular complexity index is 1340. The number of carbonyl (C=O) groups is 2. The molecule has 1 saturated heterocycles. The molecular weight excluding hydrogens is 428 g/mol. The molecule has 1 atom stereocenters. The van der Waals surface area contributed by atoms with Crippen molar-refractivity contribution in [3.05, 3.63) is 101 Å². The molecule has 0 radical (unpaired) electrons. The summed E-state index contributed by atoms with van der Waals surface area (Å²) in [6.07, 6.45) is 3.93. The lowest BCUT2D eigenvalue weighted by Gasteiger charge is -2.23. The number of H-pyrrole nitrogens is 1. The number of nitrogens with zero attached hydrogens (tertiary/aromatic N) is 1. The number of Topliss-reactive ketones (excluding diaryl/α,β-unsaturated/α-hetero) is 1. The van der Waals surface area contributed by atoms with Crippen molar-refractivity contribution in [1.29, 1.82) is 0 Å². The minimum absolute atomic E-state index is 0.00574. The number of hydrogen-bond acceptors (Lipinski definition) is 4. The topological polar surface area (TPSA) is 86.5 Å². The molecule has 2 aromatic heterocycles. The van der Waals surface area contributed by atoms with Crippen molar-refractivity contribution in [1.82, 2.24) is 9.88 Å². The van der Waals surface area contributed by atoms with Crippen LogP contribution in [0.3, 0.4) is 0 Å². The number of rotatable bonds is 5. The lowest BCUT2D eigenvalue weighted by molar-refractivity contribution is -0.140. The highest BCUT2D eigenvalue weighted by atomic mass is 35.5. The number of halogens is 1. The van der Waals surface area contributed by atoms with Crippen molar-refractivity contribution in [2.24, 2.45) is 0 Å². The van der Waals surface area contributed by atoms with Crippen LogP contribution in [0.5, 0.6) is 0 Å². The van der Waals surface area contributed by atoms with Crippen LogP contribution in [0, 0.1) is 0 Å². The van der Waals surface area contributed by atoms with E-state index in [1.54, 1.807) is 36.4 Å². The number of aromatic nitrogens is 1. The molecule has 0 bridgehead atoms. The molecule has 1 aliphatic rings. The van der Waals surface area contributed by atoms with E-state index in [-0.39, 0.29) is 17.9 Å². The van der Waals surface area contributed by atoms with E-state index >= 15 is 0 Å². The molecule has 2 aromatic carbocycles. The second-order valence-electron chi connectivity index (χ2n) is 7.62. The average Bonchev–Trinajstić information content (AvgIpc) is 3.52. The van der Waals surface area contributed by atoms with Crippen molar-refractivity contribution in [3.8, 4) is 0 Å². The molecule has 4 aromatic rings. The lowest BCUT2D eigenvalue weighted by Crippen LogP contribution is -2.31. The summed E-state index contributed by atoms with van der Waals surface area (Å²) in [5, 5.41) is 12.5. The van der Waals surface area contributed by atoms with E-state index in [0.717, 1.165) is 16.5 Å². The van der Waals surface area contributed by atoms with Crippen LogP contribution in [-0.2, 0) is 16.0 Å². The fraction of sp³-hybridized carbons (Fsp3) is 0.120. The van der Waals surface area contributed by atoms with Gasteiger partial charge < -0.3 is 19.4 Å². The molecule has 0 spiro atoms. The van der Waals surface area contributed by atoms with Crippen LogP contribution in [0.25, 0.3) is 16.7 Å². The van der Waals surface area contributed by atoms with Crippen LogP contribution in [0.1, 0.15) is 22.9 Å². The van der Waals surface area contributed by atoms with Crippen molar-refractivity contribution in [3.63, 3.8) is 0 Å². The molecule has 1 amide bonds. The number of amides is 1. The van der Waals surface area contributed by atoms with Crippen LogP contribution in [0.15, 0.2) is 83.1 Å². The minimum Gasteiger partial charge on any atom is -0.507 e. The van der Waals surface area contributed by atoms with E-state index in [1.807, 2.05) is 30.5 Å². The van der Waals surface area contributed by atoms with Gasteiger partial charge in [-0.3, -0.25) is 9.59 Å². The maximum Gasteiger partial charge on any atom is 0.295 e. The molecule has 2 N–H and O–H groups in total. The van der Waals surface area contributed by atoms with Gasteiger partial charge in [0.2, 0.25) is 0 Å². The molecule has 0 unspecified atom stereocenters. The third-order valence-corrected chi connectivity index (χ3v) is 6.02. The van der Waals surface area contributed by atoms with Crippen molar-refractivity contribution in [2.45, 2.75) is 12.5 Å². The van der Waals surface area contributed by atoms with E-state index in [2.05, 4.69) is 4.98 Å². The number of nitrogens with one attached hydrogen (secondary N) is 1. The Labute approximate surface area is 188 Å². The predicted octanol–water partition coefficient (Wildman–Crippen LogP) is 5.08. The summed E-state index contributed by atoms with van der Waals surface area (Å²) in [6, 6.07) is 16.9. The molecule has 7 heteroatoms. The van der Waals surface area contributed by atoms with Gasteiger partial charge in [0.1, 0.15) is 17.6 Å². The quantitative estimate of drug-likeness (QED) is 0.254. The van der Waals surface area contributed by atoms with Crippen molar-refractivity contribution in [2.75, 3.05) is 6.54 Å². The van der Waals surface area contributed by atoms with Gasteiger partial charge in [0, 0.05) is 34.2 Å². The largest absolute Gasteiger partial charge is 0.507 e. The summed E-state index contributed by atoms with van der Waals surface area (Å²) in [5.74, 6) is -1.24. The predicted molar refractivity (Wildman–Crippen MR) is 121 cm³/mol. The van der Waals surface area contributed by atoms with Gasteiger partial charge in [-0.05, 0) is 54.4 Å². The number of aliphatic hydroxyl groups is 1. The molecule has 1 fully saturated rings. The number of aromatic amines is 1. The van der Waals surface area contributed by atoms with Crippen LogP contribution < -0.4 is 0 Å². The molecule has 6 nitrogen and oxygen atoms in total. The molecule has 3 heterocycles. The van der Waals surface area contributed by atoms with Crippen molar-refractivity contribution < 1.29 is 19.1 Å². The zero-order valence-electron chi connectivity index (χ0n) is 16.9. The van der Waals surface area contributed by atoms with Crippen LogP contribution in [0.2, 0.25) is 5.02 Å². The Morgan fingerprint density at radius 1 is 1.06 bits per heavy atom. The molecule has 32 heavy (non-hydrogen) atoms. The van der Waals surface area contributed by atoms with Gasteiger partial charge in [0.25, 0.3) is 11.7 Å². The number of likely N-dealkylation sites (tertiary alicyclic amines) is 1. The highest BCUT2D eigenvalue weighted by Gasteiger charge is 2.47. The lowest BCUT2D eigenvalue weighted by atomic mass is 9.99. The van der Waals surface area contributed by atoms with E-state index in [1.165, 1.54) is 11.2 Å². The third-order valence-electron chi connectivity index (χ3n) is 5.77. The van der Waals surface area contributed by atoms with Gasteiger partial charge in [-0.25, -0.2) is 0 Å². The smallest absolute Gasteiger partial charge is 0.295 e. The summed E-state index contributed by atoms with van der Waals surface area (Å²) in [7, 11) is 0. The summed E-state index contributed by atoms with van der Waals surface area (Å²) in [4.78, 5) is 30.7. The van der Waals surface area contributed by atoms with E-state index in [4.69, 9.17) is 16.0 Å². The molecule has 5 rings (SSSR count). The number of carbonyl (C=O) groups excluding carboxylic acids is 2. The van der Waals surface area contributed by atoms with Gasteiger partial charge >= 0.3 is 0 Å². The zero-order chi connectivity index (χ0) is 22.2. The highest BCUT2D eigenvalue weighted by Crippen LogP contribution is 2.39. The first-order valence-corrected chi connectivity index (χ1v) is 10.5. The molecule has 0 aliphatic carbocycles. The fourth-order valence-corrected chi connectivity index (χ4v) is 4.32. The van der Waals surface area contributed by atoms with E-state index in [0.29, 0.717) is 22.8 Å². The highest BCUT2D eigenvalue weighted by molar-refractivity contribution is 6.46. The van der Waals surface area contributed by atoms with Crippen LogP contribution >= 0.6 is 11.6 Å². The van der Waals surface area contributed by atoms with Gasteiger partial charge in [0.05, 0.1) is 11.8 Å². The number of para-hydroxylation sites is 1. The van der Waals surface area contributed by atoms with Gasteiger partial charge in [-0.15, -0.1) is 0 Å². The van der Waals surface area contributed by atoms with Crippen molar-refractivity contribution >= 4 is 40.0 Å². The summed E-state index contributed by atoms with van der Waals surface area (Å²) >= 11 is 5.95. The maximum absolute atomic E-state index is 13.0. The summed E-state index contributed by atoms with van der Waals surface area (Å²) in [5.41, 5.74) is 2.46. The van der Waals surface area contributed by atoms with Gasteiger partial charge in [-0.1, -0.05) is 29.8 Å². The number of ketones is 1. The SMILES string of the molecule is O=C1C(=O)N(CCc2c[nH]c3ccccc23)[C@H](c2ccco2)C1=C(O)c1ccc(Cl)cc1. The maximum atomic E-state index is 13.0. The van der Waals surface area contributed by atoms with Crippen LogP contribution in [0.4, 0.5) is 0 Å². The van der Waals surface area contributed by atoms with Crippen LogP contribution in [-0.4, -0.2) is 33.2 Å². The molecular formula is C25H19ClN2O4. The first kappa shape index (κ1) is 20.2. The third kappa shape index (κ3) is 3.39. The summed E-state index contributed by atoms with van der Waals surface area (Å²) in [6.45, 7) is 0.287. The number of furan rings is 1. The molecule has 160 valence electrons. The first-order chi connectivity index (χ1) is 15.5. The number of hydrogen-bond donors (Lipinski definition) is 2. The Kier molecular flexibility index (Phi) is 5.07. The second-order valence-corrected chi connectivity index (χ2v) is 8.06. The first-order valence-electron chi connectivity index (χ1n) is 10.2. The zero-order valence-corrected chi connectivity index (χ0v) is 17.7. The molecule has 0 saturated carbocycles. The normalized spacial score (nSPS) is 18.0. The van der Waals surface area contributed by atoms with Gasteiger partial charge in [0.15, 0.2) is 0 Å². The fourth-order valence-electron chi connectivity index (χ4n) is 4.20. The monoisotopic (exact) mass is 446 g/mol. The number of fused-ring (bicyclic) bond motifs is 1. The molecule has 1 aliphatic heterocycles. The Morgan fingerprint density at radius 2 is 1.84 bits per heavy atom. The summed E-state index contributed by atoms with van der Waals surface area (Å²) < 4.78 is 5.57. The van der Waals surface area contributed by atoms with E-state index < -0.39 is 17.7 Å². The Morgan fingerprint density at radius 3 is 2.59 bits per heavy atom. The minimum atomic E-state index is -0.814.